The quantitative estimate of drug-likeness (QED) is 0.405. The molecule has 31 heavy (non-hydrogen) atoms. The smallest absolute Gasteiger partial charge is 0.337 e. The molecule has 1 aliphatic carbocycles. The number of hydrogen-bond acceptors (Lipinski definition) is 5. The van der Waals surface area contributed by atoms with Crippen molar-refractivity contribution < 1.29 is 19.0 Å². The van der Waals surface area contributed by atoms with Crippen molar-refractivity contribution in [3.8, 4) is 22.7 Å². The van der Waals surface area contributed by atoms with Crippen LogP contribution >= 0.6 is 15.9 Å². The van der Waals surface area contributed by atoms with Gasteiger partial charge in [-0.2, -0.15) is 5.10 Å². The van der Waals surface area contributed by atoms with Crippen LogP contribution in [0.25, 0.3) is 16.9 Å². The van der Waals surface area contributed by atoms with Crippen LogP contribution in [0.4, 0.5) is 0 Å². The molecule has 0 bridgehead atoms. The number of hydrogen-bond donors (Lipinski definition) is 0. The highest BCUT2D eigenvalue weighted by molar-refractivity contribution is 9.10. The van der Waals surface area contributed by atoms with Gasteiger partial charge in [-0.15, -0.1) is 0 Å². The Kier molecular flexibility index (Phi) is 6.16. The van der Waals surface area contributed by atoms with Crippen LogP contribution in [0, 0.1) is 0 Å². The SMILES string of the molecule is COC(=O)C(C)(C)OCc1cc(-c2cccc(OC3CC3)c2)n(-c2ccccc2Br)n1. The van der Waals surface area contributed by atoms with Gasteiger partial charge in [0, 0.05) is 10.0 Å². The summed E-state index contributed by atoms with van der Waals surface area (Å²) < 4.78 is 19.4. The van der Waals surface area contributed by atoms with Crippen LogP contribution in [0.3, 0.4) is 0 Å². The molecule has 0 radical (unpaired) electrons. The van der Waals surface area contributed by atoms with E-state index in [-0.39, 0.29) is 6.61 Å². The number of nitrogens with zero attached hydrogens (tertiary/aromatic N) is 2. The van der Waals surface area contributed by atoms with Crippen molar-refractivity contribution in [2.24, 2.45) is 0 Å². The van der Waals surface area contributed by atoms with E-state index in [9.17, 15) is 4.79 Å². The Bertz CT molecular complexity index is 1090. The van der Waals surface area contributed by atoms with Gasteiger partial charge >= 0.3 is 5.97 Å². The second-order valence-electron chi connectivity index (χ2n) is 8.02. The lowest BCUT2D eigenvalue weighted by Crippen LogP contribution is -2.35. The summed E-state index contributed by atoms with van der Waals surface area (Å²) >= 11 is 3.63. The molecule has 162 valence electrons. The second kappa shape index (κ2) is 8.85. The number of aromatic nitrogens is 2. The van der Waals surface area contributed by atoms with E-state index >= 15 is 0 Å². The fraction of sp³-hybridized carbons (Fsp3) is 0.333. The Morgan fingerprint density at radius 3 is 2.65 bits per heavy atom. The Hall–Kier alpha value is -2.64. The predicted octanol–water partition coefficient (Wildman–Crippen LogP) is 5.31. The highest BCUT2D eigenvalue weighted by Crippen LogP contribution is 2.32. The molecule has 0 saturated heterocycles. The molecule has 0 unspecified atom stereocenters. The lowest BCUT2D eigenvalue weighted by molar-refractivity contribution is -0.166. The third-order valence-corrected chi connectivity index (χ3v) is 5.73. The number of carbonyl (C=O) groups excluding carboxylic acids is 1. The Balaban J connectivity index is 1.69. The summed E-state index contributed by atoms with van der Waals surface area (Å²) in [6.45, 7) is 3.54. The van der Waals surface area contributed by atoms with E-state index in [0.29, 0.717) is 11.8 Å². The van der Waals surface area contributed by atoms with Crippen molar-refractivity contribution in [2.45, 2.75) is 45.0 Å². The highest BCUT2D eigenvalue weighted by atomic mass is 79.9. The molecule has 0 spiro atoms. The Labute approximate surface area is 190 Å². The zero-order valence-electron chi connectivity index (χ0n) is 17.8. The summed E-state index contributed by atoms with van der Waals surface area (Å²) in [6, 6.07) is 17.9. The van der Waals surface area contributed by atoms with E-state index in [1.165, 1.54) is 7.11 Å². The minimum Gasteiger partial charge on any atom is -0.490 e. The van der Waals surface area contributed by atoms with E-state index in [2.05, 4.69) is 15.9 Å². The van der Waals surface area contributed by atoms with E-state index in [1.54, 1.807) is 13.8 Å². The first kappa shape index (κ1) is 21.6. The molecule has 1 aliphatic rings. The largest absolute Gasteiger partial charge is 0.490 e. The Morgan fingerprint density at radius 2 is 1.94 bits per heavy atom. The fourth-order valence-electron chi connectivity index (χ4n) is 3.18. The summed E-state index contributed by atoms with van der Waals surface area (Å²) in [5, 5.41) is 4.78. The van der Waals surface area contributed by atoms with Crippen molar-refractivity contribution >= 4 is 21.9 Å². The number of benzene rings is 2. The first-order chi connectivity index (χ1) is 14.9. The van der Waals surface area contributed by atoms with Gasteiger partial charge in [-0.1, -0.05) is 24.3 Å². The van der Waals surface area contributed by atoms with Gasteiger partial charge in [0.2, 0.25) is 0 Å². The standard InChI is InChI=1S/C24H25BrN2O4/c1-24(2,23(28)29-3)30-15-17-14-22(27(26-17)21-10-5-4-9-20(21)25)16-7-6-8-19(13-16)31-18-11-12-18/h4-10,13-14,18H,11-12,15H2,1-3H3. The lowest BCUT2D eigenvalue weighted by Gasteiger charge is -2.21. The maximum Gasteiger partial charge on any atom is 0.337 e. The van der Waals surface area contributed by atoms with Crippen molar-refractivity contribution in [2.75, 3.05) is 7.11 Å². The summed E-state index contributed by atoms with van der Waals surface area (Å²) in [6.07, 6.45) is 2.54. The van der Waals surface area contributed by atoms with Gasteiger partial charge < -0.3 is 14.2 Å². The van der Waals surface area contributed by atoms with Gasteiger partial charge in [0.1, 0.15) is 5.75 Å². The van der Waals surface area contributed by atoms with Gasteiger partial charge in [0.15, 0.2) is 5.60 Å². The van der Waals surface area contributed by atoms with Crippen LogP contribution in [0.1, 0.15) is 32.4 Å². The van der Waals surface area contributed by atoms with Crippen molar-refractivity contribution in [1.82, 2.24) is 9.78 Å². The second-order valence-corrected chi connectivity index (χ2v) is 8.87. The maximum absolute atomic E-state index is 12.0. The lowest BCUT2D eigenvalue weighted by atomic mass is 10.1. The molecule has 7 heteroatoms. The average molecular weight is 485 g/mol. The molecule has 3 aromatic rings. The van der Waals surface area contributed by atoms with E-state index in [4.69, 9.17) is 19.3 Å². The number of rotatable bonds is 8. The summed E-state index contributed by atoms with van der Waals surface area (Å²) in [5.74, 6) is 0.424. The van der Waals surface area contributed by atoms with Crippen LogP contribution in [0.5, 0.6) is 5.75 Å². The molecule has 2 aromatic carbocycles. The average Bonchev–Trinajstić information content (AvgIpc) is 3.47. The fourth-order valence-corrected chi connectivity index (χ4v) is 3.63. The summed E-state index contributed by atoms with van der Waals surface area (Å²) in [5.41, 5.74) is 2.44. The summed E-state index contributed by atoms with van der Waals surface area (Å²) in [7, 11) is 1.35. The minimum atomic E-state index is -1.07. The third kappa shape index (κ3) is 4.99. The van der Waals surface area contributed by atoms with Crippen LogP contribution < -0.4 is 4.74 Å². The normalized spacial score (nSPS) is 13.8. The first-order valence-electron chi connectivity index (χ1n) is 10.2. The van der Waals surface area contributed by atoms with Gasteiger partial charge in [-0.3, -0.25) is 0 Å². The Morgan fingerprint density at radius 1 is 1.16 bits per heavy atom. The van der Waals surface area contributed by atoms with Gasteiger partial charge in [0.25, 0.3) is 0 Å². The van der Waals surface area contributed by atoms with Gasteiger partial charge in [0.05, 0.1) is 36.9 Å². The number of methoxy groups -OCH3 is 1. The van der Waals surface area contributed by atoms with Crippen LogP contribution in [-0.4, -0.2) is 34.6 Å². The molecule has 1 heterocycles. The molecular formula is C24H25BrN2O4. The molecule has 0 N–H and O–H groups in total. The number of esters is 1. The van der Waals surface area contributed by atoms with E-state index < -0.39 is 11.6 Å². The van der Waals surface area contributed by atoms with Crippen molar-refractivity contribution in [3.63, 3.8) is 0 Å². The van der Waals surface area contributed by atoms with Crippen LogP contribution in [-0.2, 0) is 20.9 Å². The van der Waals surface area contributed by atoms with E-state index in [1.807, 2.05) is 59.3 Å². The van der Waals surface area contributed by atoms with Crippen LogP contribution in [0.2, 0.25) is 0 Å². The molecule has 4 rings (SSSR count). The molecule has 1 fully saturated rings. The molecule has 1 saturated carbocycles. The van der Waals surface area contributed by atoms with Crippen molar-refractivity contribution in [3.05, 3.63) is 64.8 Å². The van der Waals surface area contributed by atoms with Crippen molar-refractivity contribution in [1.29, 1.82) is 0 Å². The molecule has 0 aliphatic heterocycles. The monoisotopic (exact) mass is 484 g/mol. The molecule has 6 nitrogen and oxygen atoms in total. The number of ether oxygens (including phenoxy) is 3. The number of carbonyl (C=O) groups is 1. The minimum absolute atomic E-state index is 0.171. The molecule has 0 atom stereocenters. The summed E-state index contributed by atoms with van der Waals surface area (Å²) in [4.78, 5) is 12.0. The number of halogens is 1. The first-order valence-corrected chi connectivity index (χ1v) is 11.0. The molecule has 0 amide bonds. The number of para-hydroxylation sites is 1. The van der Waals surface area contributed by atoms with Crippen LogP contribution in [0.15, 0.2) is 59.1 Å². The van der Waals surface area contributed by atoms with Gasteiger partial charge in [-0.05, 0) is 73.0 Å². The third-order valence-electron chi connectivity index (χ3n) is 5.06. The van der Waals surface area contributed by atoms with Gasteiger partial charge in [-0.25, -0.2) is 9.48 Å². The topological polar surface area (TPSA) is 62.6 Å². The molecule has 1 aromatic heterocycles. The zero-order chi connectivity index (χ0) is 22.0. The predicted molar refractivity (Wildman–Crippen MR) is 121 cm³/mol. The zero-order valence-corrected chi connectivity index (χ0v) is 19.4. The maximum atomic E-state index is 12.0. The highest BCUT2D eigenvalue weighted by Gasteiger charge is 2.30. The van der Waals surface area contributed by atoms with E-state index in [0.717, 1.165) is 40.0 Å². The molecular weight excluding hydrogens is 460 g/mol.